The molecular weight excluding hydrogens is 546 g/mol. The van der Waals surface area contributed by atoms with Crippen LogP contribution in [0.2, 0.25) is 0 Å². The summed E-state index contributed by atoms with van der Waals surface area (Å²) in [6.45, 7) is -0.0322. The van der Waals surface area contributed by atoms with E-state index in [1.54, 1.807) is 36.4 Å². The molecule has 3 rings (SSSR count). The molecule has 0 heterocycles. The molecule has 0 aliphatic rings. The zero-order valence-corrected chi connectivity index (χ0v) is 19.8. The van der Waals surface area contributed by atoms with Crippen LogP contribution >= 0.6 is 31.9 Å². The number of benzene rings is 3. The third-order valence-electron chi connectivity index (χ3n) is 4.49. The van der Waals surface area contributed by atoms with Crippen molar-refractivity contribution in [1.29, 1.82) is 0 Å². The summed E-state index contributed by atoms with van der Waals surface area (Å²) in [6.07, 6.45) is -1.03. The Morgan fingerprint density at radius 1 is 1.00 bits per heavy atom. The predicted molar refractivity (Wildman–Crippen MR) is 125 cm³/mol. The SMILES string of the molecule is O=C(O)Cc1cc(Br)c(Oc2ccc(O)c(C(=O)NC[C@@H](O)c3ccccc3)c2)c(Br)c1. The van der Waals surface area contributed by atoms with E-state index in [-0.39, 0.29) is 30.0 Å². The average molecular weight is 565 g/mol. The Balaban J connectivity index is 1.74. The Morgan fingerprint density at radius 2 is 1.66 bits per heavy atom. The maximum Gasteiger partial charge on any atom is 0.307 e. The molecule has 1 atom stereocenters. The molecule has 0 unspecified atom stereocenters. The van der Waals surface area contributed by atoms with Gasteiger partial charge >= 0.3 is 5.97 Å². The summed E-state index contributed by atoms with van der Waals surface area (Å²) in [4.78, 5) is 23.5. The third-order valence-corrected chi connectivity index (χ3v) is 5.66. The summed E-state index contributed by atoms with van der Waals surface area (Å²) < 4.78 is 6.90. The Labute approximate surface area is 200 Å². The molecule has 7 nitrogen and oxygen atoms in total. The van der Waals surface area contributed by atoms with Gasteiger partial charge in [-0.05, 0) is 73.3 Å². The summed E-state index contributed by atoms with van der Waals surface area (Å²) >= 11 is 6.73. The van der Waals surface area contributed by atoms with Crippen LogP contribution in [0.15, 0.2) is 69.6 Å². The van der Waals surface area contributed by atoms with Crippen LogP contribution in [0.25, 0.3) is 0 Å². The molecule has 0 radical (unpaired) electrons. The number of carbonyl (C=O) groups is 2. The fraction of sp³-hybridized carbons (Fsp3) is 0.130. The second kappa shape index (κ2) is 10.6. The number of carbonyl (C=O) groups excluding carboxylic acids is 1. The van der Waals surface area contributed by atoms with Gasteiger partial charge in [0.05, 0.1) is 27.0 Å². The van der Waals surface area contributed by atoms with E-state index in [1.165, 1.54) is 18.2 Å². The number of carboxylic acid groups (broad SMARTS) is 1. The average Bonchev–Trinajstić information content (AvgIpc) is 2.75. The van der Waals surface area contributed by atoms with E-state index < -0.39 is 18.0 Å². The molecule has 9 heteroatoms. The summed E-state index contributed by atoms with van der Waals surface area (Å²) in [5.74, 6) is -1.10. The molecule has 0 aromatic heterocycles. The highest BCUT2D eigenvalue weighted by Gasteiger charge is 2.17. The van der Waals surface area contributed by atoms with E-state index in [2.05, 4.69) is 37.2 Å². The van der Waals surface area contributed by atoms with Crippen molar-refractivity contribution in [2.24, 2.45) is 0 Å². The van der Waals surface area contributed by atoms with Gasteiger partial charge in [-0.25, -0.2) is 0 Å². The molecule has 0 saturated heterocycles. The molecular formula is C23H19Br2NO6. The predicted octanol–water partition coefficient (Wildman–Crippen LogP) is 4.80. The maximum absolute atomic E-state index is 12.6. The van der Waals surface area contributed by atoms with E-state index in [0.29, 0.717) is 25.8 Å². The minimum atomic E-state index is -0.955. The van der Waals surface area contributed by atoms with E-state index in [9.17, 15) is 19.8 Å². The van der Waals surface area contributed by atoms with Gasteiger partial charge in [0.15, 0.2) is 5.75 Å². The number of phenolic OH excluding ortho intramolecular Hbond substituents is 1. The Morgan fingerprint density at radius 3 is 2.28 bits per heavy atom. The van der Waals surface area contributed by atoms with Gasteiger partial charge in [-0.2, -0.15) is 0 Å². The number of rotatable bonds is 8. The Bertz CT molecular complexity index is 1110. The molecule has 0 fully saturated rings. The highest BCUT2D eigenvalue weighted by molar-refractivity contribution is 9.11. The van der Waals surface area contributed by atoms with Crippen molar-refractivity contribution in [3.8, 4) is 17.2 Å². The first-order valence-corrected chi connectivity index (χ1v) is 11.0. The fourth-order valence-corrected chi connectivity index (χ4v) is 4.39. The fourth-order valence-electron chi connectivity index (χ4n) is 2.94. The molecule has 1 amide bonds. The van der Waals surface area contributed by atoms with Gasteiger partial charge in [-0.15, -0.1) is 0 Å². The smallest absolute Gasteiger partial charge is 0.307 e. The minimum Gasteiger partial charge on any atom is -0.507 e. The number of aliphatic hydroxyl groups is 1. The van der Waals surface area contributed by atoms with Crippen molar-refractivity contribution >= 4 is 43.7 Å². The number of nitrogens with one attached hydrogen (secondary N) is 1. The van der Waals surface area contributed by atoms with Crippen LogP contribution < -0.4 is 10.1 Å². The van der Waals surface area contributed by atoms with Crippen molar-refractivity contribution < 1.29 is 29.6 Å². The second-order valence-electron chi connectivity index (χ2n) is 6.88. The van der Waals surface area contributed by atoms with E-state index in [0.717, 1.165) is 0 Å². The number of hydrogen-bond donors (Lipinski definition) is 4. The van der Waals surface area contributed by atoms with Crippen molar-refractivity contribution in [2.45, 2.75) is 12.5 Å². The number of amides is 1. The van der Waals surface area contributed by atoms with Crippen LogP contribution in [0.3, 0.4) is 0 Å². The number of aliphatic carboxylic acids is 1. The largest absolute Gasteiger partial charge is 0.507 e. The van der Waals surface area contributed by atoms with E-state index in [4.69, 9.17) is 9.84 Å². The van der Waals surface area contributed by atoms with Gasteiger partial charge in [-0.3, -0.25) is 9.59 Å². The van der Waals surface area contributed by atoms with Crippen molar-refractivity contribution in [1.82, 2.24) is 5.32 Å². The monoisotopic (exact) mass is 563 g/mol. The number of hydrogen-bond acceptors (Lipinski definition) is 5. The standard InChI is InChI=1S/C23H19Br2NO6/c24-17-8-13(10-21(29)30)9-18(25)22(17)32-15-6-7-19(27)16(11-15)23(31)26-12-20(28)14-4-2-1-3-5-14/h1-9,11,20,27-28H,10,12H2,(H,26,31)(H,29,30)/t20-/m1/s1. The van der Waals surface area contributed by atoms with E-state index >= 15 is 0 Å². The third kappa shape index (κ3) is 6.09. The number of phenols is 1. The molecule has 0 saturated carbocycles. The van der Waals surface area contributed by atoms with Crippen LogP contribution in [0.5, 0.6) is 17.2 Å². The van der Waals surface area contributed by atoms with Gasteiger partial charge in [0, 0.05) is 6.54 Å². The van der Waals surface area contributed by atoms with Gasteiger partial charge in [-0.1, -0.05) is 30.3 Å². The van der Waals surface area contributed by atoms with Crippen LogP contribution in [-0.4, -0.2) is 33.7 Å². The first-order chi connectivity index (χ1) is 15.2. The van der Waals surface area contributed by atoms with Crippen LogP contribution in [0, 0.1) is 0 Å². The molecule has 32 heavy (non-hydrogen) atoms. The topological polar surface area (TPSA) is 116 Å². The number of halogens is 2. The quantitative estimate of drug-likeness (QED) is 0.312. The lowest BCUT2D eigenvalue weighted by atomic mass is 10.1. The number of aliphatic hydroxyl groups excluding tert-OH is 1. The minimum absolute atomic E-state index is 0.0162. The number of aromatic hydroxyl groups is 1. The summed E-state index contributed by atoms with van der Waals surface area (Å²) in [5.41, 5.74) is 1.22. The molecule has 0 bridgehead atoms. The van der Waals surface area contributed by atoms with Crippen molar-refractivity contribution in [3.05, 3.63) is 86.3 Å². The molecule has 0 aliphatic heterocycles. The van der Waals surface area contributed by atoms with Gasteiger partial charge in [0.1, 0.15) is 11.5 Å². The van der Waals surface area contributed by atoms with Crippen molar-refractivity contribution in [3.63, 3.8) is 0 Å². The van der Waals surface area contributed by atoms with Gasteiger partial charge in [0.25, 0.3) is 5.91 Å². The van der Waals surface area contributed by atoms with Crippen LogP contribution in [0.4, 0.5) is 0 Å². The zero-order chi connectivity index (χ0) is 23.3. The lowest BCUT2D eigenvalue weighted by Gasteiger charge is -2.15. The first kappa shape index (κ1) is 23.8. The Hall–Kier alpha value is -2.88. The molecule has 166 valence electrons. The van der Waals surface area contributed by atoms with Crippen LogP contribution in [0.1, 0.15) is 27.6 Å². The highest BCUT2D eigenvalue weighted by Crippen LogP contribution is 2.38. The second-order valence-corrected chi connectivity index (χ2v) is 8.59. The highest BCUT2D eigenvalue weighted by atomic mass is 79.9. The van der Waals surface area contributed by atoms with Crippen LogP contribution in [-0.2, 0) is 11.2 Å². The first-order valence-electron chi connectivity index (χ1n) is 9.46. The number of ether oxygens (including phenoxy) is 1. The molecule has 0 aliphatic carbocycles. The van der Waals surface area contributed by atoms with Gasteiger partial charge in [0.2, 0.25) is 0 Å². The van der Waals surface area contributed by atoms with E-state index in [1.807, 2.05) is 6.07 Å². The van der Waals surface area contributed by atoms with Gasteiger partial charge < -0.3 is 25.4 Å². The Kier molecular flexibility index (Phi) is 7.89. The summed E-state index contributed by atoms with van der Waals surface area (Å²) in [5, 5.41) is 31.9. The maximum atomic E-state index is 12.6. The summed E-state index contributed by atoms with van der Waals surface area (Å²) in [6, 6.07) is 16.4. The molecule has 3 aromatic rings. The lowest BCUT2D eigenvalue weighted by Crippen LogP contribution is -2.28. The zero-order valence-electron chi connectivity index (χ0n) is 16.6. The summed E-state index contributed by atoms with van der Waals surface area (Å²) in [7, 11) is 0. The number of carboxylic acids is 1. The molecule has 4 N–H and O–H groups in total. The lowest BCUT2D eigenvalue weighted by molar-refractivity contribution is -0.136. The van der Waals surface area contributed by atoms with Crippen molar-refractivity contribution in [2.75, 3.05) is 6.54 Å². The molecule has 0 spiro atoms. The normalized spacial score (nSPS) is 11.6. The molecule has 3 aromatic carbocycles.